The molecule has 1 heterocycles. The number of methoxy groups -OCH3 is 1. The highest BCUT2D eigenvalue weighted by atomic mass is 16.5. The molecule has 6 nitrogen and oxygen atoms in total. The third-order valence-corrected chi connectivity index (χ3v) is 5.83. The average Bonchev–Trinajstić information content (AvgIpc) is 3.19. The molecular weight excluding hydrogens is 426 g/mol. The molecule has 1 N–H and O–H groups in total. The van der Waals surface area contributed by atoms with Crippen molar-refractivity contribution in [1.29, 1.82) is 0 Å². The normalized spacial score (nSPS) is 10.9. The smallest absolute Gasteiger partial charge is 0.251 e. The number of amides is 1. The molecular formula is C28H31N3O3. The molecule has 34 heavy (non-hydrogen) atoms. The number of rotatable bonds is 10. The summed E-state index contributed by atoms with van der Waals surface area (Å²) in [6, 6.07) is 21.7. The van der Waals surface area contributed by atoms with Gasteiger partial charge in [-0.15, -0.1) is 0 Å². The molecule has 0 aliphatic heterocycles. The molecule has 0 fully saturated rings. The van der Waals surface area contributed by atoms with E-state index in [2.05, 4.69) is 16.0 Å². The van der Waals surface area contributed by atoms with Crippen LogP contribution in [0.5, 0.6) is 11.5 Å². The second-order valence-electron chi connectivity index (χ2n) is 8.37. The second-order valence-corrected chi connectivity index (χ2v) is 8.37. The van der Waals surface area contributed by atoms with E-state index >= 15 is 0 Å². The van der Waals surface area contributed by atoms with Crippen molar-refractivity contribution in [3.8, 4) is 11.5 Å². The number of para-hydroxylation sites is 2. The van der Waals surface area contributed by atoms with Crippen LogP contribution in [0.1, 0.15) is 33.7 Å². The molecule has 3 aromatic carbocycles. The van der Waals surface area contributed by atoms with E-state index in [1.807, 2.05) is 74.5 Å². The number of fused-ring (bicyclic) bond motifs is 1. The van der Waals surface area contributed by atoms with Gasteiger partial charge in [0, 0.05) is 31.1 Å². The van der Waals surface area contributed by atoms with Gasteiger partial charge in [-0.25, -0.2) is 4.98 Å². The molecule has 176 valence electrons. The monoisotopic (exact) mass is 457 g/mol. The number of imidazole rings is 1. The minimum absolute atomic E-state index is 0.0492. The van der Waals surface area contributed by atoms with Crippen LogP contribution < -0.4 is 14.8 Å². The van der Waals surface area contributed by atoms with E-state index < -0.39 is 0 Å². The highest BCUT2D eigenvalue weighted by Gasteiger charge is 2.12. The number of nitrogens with zero attached hydrogens (tertiary/aromatic N) is 2. The number of ether oxygens (including phenoxy) is 2. The first-order chi connectivity index (χ1) is 16.5. The molecule has 4 rings (SSSR count). The van der Waals surface area contributed by atoms with Crippen molar-refractivity contribution in [2.45, 2.75) is 33.2 Å². The number of benzene rings is 3. The molecule has 1 amide bonds. The van der Waals surface area contributed by atoms with Crippen LogP contribution in [0, 0.1) is 13.8 Å². The molecule has 0 atom stereocenters. The Bertz CT molecular complexity index is 1280. The quantitative estimate of drug-likeness (QED) is 0.336. The zero-order valence-electron chi connectivity index (χ0n) is 20.0. The molecule has 0 saturated heterocycles. The lowest BCUT2D eigenvalue weighted by Gasteiger charge is -2.12. The van der Waals surface area contributed by atoms with Crippen molar-refractivity contribution in [3.05, 3.63) is 89.2 Å². The van der Waals surface area contributed by atoms with Gasteiger partial charge < -0.3 is 19.4 Å². The largest absolute Gasteiger partial charge is 0.497 e. The maximum Gasteiger partial charge on any atom is 0.251 e. The number of hydrogen-bond donors (Lipinski definition) is 1. The third-order valence-electron chi connectivity index (χ3n) is 5.83. The Morgan fingerprint density at radius 2 is 1.82 bits per heavy atom. The van der Waals surface area contributed by atoms with Gasteiger partial charge in [0.2, 0.25) is 0 Å². The fourth-order valence-corrected chi connectivity index (χ4v) is 4.12. The van der Waals surface area contributed by atoms with Gasteiger partial charge in [-0.2, -0.15) is 0 Å². The minimum Gasteiger partial charge on any atom is -0.497 e. The van der Waals surface area contributed by atoms with Crippen LogP contribution in [0.4, 0.5) is 0 Å². The van der Waals surface area contributed by atoms with Crippen molar-refractivity contribution >= 4 is 16.9 Å². The van der Waals surface area contributed by atoms with E-state index in [0.29, 0.717) is 25.1 Å². The first kappa shape index (κ1) is 23.4. The van der Waals surface area contributed by atoms with Gasteiger partial charge in [-0.1, -0.05) is 35.9 Å². The van der Waals surface area contributed by atoms with Gasteiger partial charge in [0.25, 0.3) is 5.91 Å². The second kappa shape index (κ2) is 10.9. The standard InChI is InChI=1S/C28H31N3O3/c1-20-12-13-24(21(2)18-20)28(32)29-15-14-27-30-25-10-4-5-11-26(25)31(27)16-7-17-34-23-9-6-8-22(19-23)33-3/h4-6,8-13,18-19H,7,14-17H2,1-3H3,(H,29,32). The Balaban J connectivity index is 1.38. The summed E-state index contributed by atoms with van der Waals surface area (Å²) in [6.07, 6.45) is 1.49. The van der Waals surface area contributed by atoms with Gasteiger partial charge >= 0.3 is 0 Å². The van der Waals surface area contributed by atoms with Crippen molar-refractivity contribution in [3.63, 3.8) is 0 Å². The van der Waals surface area contributed by atoms with E-state index in [4.69, 9.17) is 14.5 Å². The van der Waals surface area contributed by atoms with Gasteiger partial charge in [0.15, 0.2) is 0 Å². The van der Waals surface area contributed by atoms with Crippen LogP contribution in [0.15, 0.2) is 66.7 Å². The molecule has 1 aromatic heterocycles. The molecule has 4 aromatic rings. The molecule has 0 spiro atoms. The Morgan fingerprint density at radius 1 is 1.00 bits per heavy atom. The Morgan fingerprint density at radius 3 is 2.65 bits per heavy atom. The van der Waals surface area contributed by atoms with Crippen LogP contribution in [0.25, 0.3) is 11.0 Å². The SMILES string of the molecule is COc1cccc(OCCCn2c(CCNC(=O)c3ccc(C)cc3C)nc3ccccc32)c1. The van der Waals surface area contributed by atoms with E-state index in [-0.39, 0.29) is 5.91 Å². The first-order valence-corrected chi connectivity index (χ1v) is 11.6. The molecule has 0 bridgehead atoms. The topological polar surface area (TPSA) is 65.4 Å². The van der Waals surface area contributed by atoms with Crippen LogP contribution in [-0.2, 0) is 13.0 Å². The fourth-order valence-electron chi connectivity index (χ4n) is 4.12. The number of aromatic nitrogens is 2. The number of carbonyl (C=O) groups is 1. The maximum atomic E-state index is 12.7. The van der Waals surface area contributed by atoms with Gasteiger partial charge in [-0.3, -0.25) is 4.79 Å². The van der Waals surface area contributed by atoms with Crippen LogP contribution in [0.3, 0.4) is 0 Å². The van der Waals surface area contributed by atoms with E-state index in [1.165, 1.54) is 0 Å². The van der Waals surface area contributed by atoms with Gasteiger partial charge in [0.1, 0.15) is 17.3 Å². The zero-order chi connectivity index (χ0) is 23.9. The van der Waals surface area contributed by atoms with Crippen LogP contribution in [-0.4, -0.2) is 35.7 Å². The lowest BCUT2D eigenvalue weighted by atomic mass is 10.1. The predicted octanol–water partition coefficient (Wildman–Crippen LogP) is 5.10. The molecule has 0 unspecified atom stereocenters. The van der Waals surface area contributed by atoms with Crippen LogP contribution in [0.2, 0.25) is 0 Å². The summed E-state index contributed by atoms with van der Waals surface area (Å²) in [6.45, 7) is 5.89. The highest BCUT2D eigenvalue weighted by Crippen LogP contribution is 2.20. The van der Waals surface area contributed by atoms with E-state index in [9.17, 15) is 4.79 Å². The molecule has 0 saturated carbocycles. The Kier molecular flexibility index (Phi) is 7.48. The summed E-state index contributed by atoms with van der Waals surface area (Å²) >= 11 is 0. The molecule has 0 aliphatic carbocycles. The number of aryl methyl sites for hydroxylation is 3. The third kappa shape index (κ3) is 5.57. The summed E-state index contributed by atoms with van der Waals surface area (Å²) in [7, 11) is 1.65. The molecule has 0 aliphatic rings. The minimum atomic E-state index is -0.0492. The summed E-state index contributed by atoms with van der Waals surface area (Å²) < 4.78 is 13.4. The number of hydrogen-bond acceptors (Lipinski definition) is 4. The van der Waals surface area contributed by atoms with Crippen molar-refractivity contribution in [2.75, 3.05) is 20.3 Å². The summed E-state index contributed by atoms with van der Waals surface area (Å²) in [5.74, 6) is 2.49. The Labute approximate surface area is 200 Å². The highest BCUT2D eigenvalue weighted by molar-refractivity contribution is 5.95. The van der Waals surface area contributed by atoms with E-state index in [0.717, 1.165) is 52.4 Å². The maximum absolute atomic E-state index is 12.7. The summed E-state index contributed by atoms with van der Waals surface area (Å²) in [5, 5.41) is 3.05. The van der Waals surface area contributed by atoms with Gasteiger partial charge in [-0.05, 0) is 56.2 Å². The van der Waals surface area contributed by atoms with Crippen molar-refractivity contribution < 1.29 is 14.3 Å². The number of carbonyl (C=O) groups excluding carboxylic acids is 1. The zero-order valence-corrected chi connectivity index (χ0v) is 20.0. The molecule has 6 heteroatoms. The predicted molar refractivity (Wildman–Crippen MR) is 135 cm³/mol. The number of nitrogens with one attached hydrogen (secondary N) is 1. The van der Waals surface area contributed by atoms with Crippen molar-refractivity contribution in [1.82, 2.24) is 14.9 Å². The Hall–Kier alpha value is -3.80. The lowest BCUT2D eigenvalue weighted by molar-refractivity contribution is 0.0953. The van der Waals surface area contributed by atoms with Gasteiger partial charge in [0.05, 0.1) is 24.8 Å². The first-order valence-electron chi connectivity index (χ1n) is 11.6. The fraction of sp³-hybridized carbons (Fsp3) is 0.286. The van der Waals surface area contributed by atoms with Crippen molar-refractivity contribution in [2.24, 2.45) is 0 Å². The van der Waals surface area contributed by atoms with Crippen LogP contribution >= 0.6 is 0 Å². The summed E-state index contributed by atoms with van der Waals surface area (Å²) in [5.41, 5.74) is 4.92. The molecule has 0 radical (unpaired) electrons. The summed E-state index contributed by atoms with van der Waals surface area (Å²) in [4.78, 5) is 17.5. The average molecular weight is 458 g/mol. The van der Waals surface area contributed by atoms with E-state index in [1.54, 1.807) is 7.11 Å². The lowest BCUT2D eigenvalue weighted by Crippen LogP contribution is -2.27.